The first-order chi connectivity index (χ1) is 9.29. The molecular weight excluding hydrogens is 281 g/mol. The molecule has 2 nitrogen and oxygen atoms in total. The Bertz CT molecular complexity index is 626. The third kappa shape index (κ3) is 2.93. The topological polar surface area (TPSA) is 33.1 Å². The maximum atomic E-state index is 13.1. The van der Waals surface area contributed by atoms with Crippen LogP contribution in [0.4, 0.5) is 22.0 Å². The second-order valence-corrected chi connectivity index (χ2v) is 4.08. The Morgan fingerprint density at radius 3 is 2.30 bits per heavy atom. The second-order valence-electron chi connectivity index (χ2n) is 4.08. The van der Waals surface area contributed by atoms with Gasteiger partial charge in [-0.05, 0) is 23.8 Å². The van der Waals surface area contributed by atoms with Crippen molar-refractivity contribution < 1.29 is 27.1 Å². The largest absolute Gasteiger partial charge is 0.419 e. The Kier molecular flexibility index (Phi) is 3.71. The first-order valence-corrected chi connectivity index (χ1v) is 5.44. The summed E-state index contributed by atoms with van der Waals surface area (Å²) < 4.78 is 63.8. The fourth-order valence-corrected chi connectivity index (χ4v) is 1.70. The Hall–Kier alpha value is -2.02. The molecule has 0 spiro atoms. The molecule has 0 saturated carbocycles. The first-order valence-electron chi connectivity index (χ1n) is 5.44. The number of benzene rings is 1. The zero-order chi connectivity index (χ0) is 14.9. The molecule has 1 N–H and O–H groups in total. The van der Waals surface area contributed by atoms with Crippen LogP contribution in [0.2, 0.25) is 0 Å². The van der Waals surface area contributed by atoms with E-state index in [0.717, 1.165) is 24.5 Å². The summed E-state index contributed by atoms with van der Waals surface area (Å²) in [6.07, 6.45) is -4.40. The number of aliphatic hydroxyl groups excluding tert-OH is 1. The van der Waals surface area contributed by atoms with Crippen LogP contribution in [0.3, 0.4) is 0 Å². The lowest BCUT2D eigenvalue weighted by molar-refractivity contribution is -0.140. The molecule has 0 fully saturated rings. The minimum absolute atomic E-state index is 0.0234. The van der Waals surface area contributed by atoms with Crippen molar-refractivity contribution in [3.8, 4) is 0 Å². The molecule has 1 atom stereocenters. The number of aliphatic hydroxyl groups is 1. The van der Waals surface area contributed by atoms with Crippen LogP contribution in [0.25, 0.3) is 0 Å². The van der Waals surface area contributed by atoms with Gasteiger partial charge in [0.15, 0.2) is 0 Å². The van der Waals surface area contributed by atoms with Crippen LogP contribution in [0.15, 0.2) is 36.7 Å². The van der Waals surface area contributed by atoms with E-state index >= 15 is 0 Å². The molecule has 0 saturated heterocycles. The van der Waals surface area contributed by atoms with Gasteiger partial charge in [-0.2, -0.15) is 13.2 Å². The van der Waals surface area contributed by atoms with E-state index in [1.807, 2.05) is 0 Å². The lowest BCUT2D eigenvalue weighted by atomic mass is 10.0. The van der Waals surface area contributed by atoms with Crippen molar-refractivity contribution in [1.29, 1.82) is 0 Å². The van der Waals surface area contributed by atoms with Crippen LogP contribution in [-0.2, 0) is 6.18 Å². The lowest BCUT2D eigenvalue weighted by Crippen LogP contribution is -2.10. The van der Waals surface area contributed by atoms with E-state index in [9.17, 15) is 27.1 Å². The first kappa shape index (κ1) is 14.4. The van der Waals surface area contributed by atoms with Crippen molar-refractivity contribution in [2.24, 2.45) is 0 Å². The molecule has 2 rings (SSSR count). The quantitative estimate of drug-likeness (QED) is 0.859. The van der Waals surface area contributed by atoms with Gasteiger partial charge in [0.1, 0.15) is 17.7 Å². The lowest BCUT2D eigenvalue weighted by Gasteiger charge is -2.14. The van der Waals surface area contributed by atoms with Crippen molar-refractivity contribution in [3.63, 3.8) is 0 Å². The second kappa shape index (κ2) is 5.16. The average Bonchev–Trinajstić information content (AvgIpc) is 2.37. The van der Waals surface area contributed by atoms with Gasteiger partial charge in [-0.1, -0.05) is 6.07 Å². The highest BCUT2D eigenvalue weighted by molar-refractivity contribution is 5.33. The van der Waals surface area contributed by atoms with E-state index in [1.165, 1.54) is 0 Å². The normalized spacial score (nSPS) is 13.3. The van der Waals surface area contributed by atoms with E-state index in [1.54, 1.807) is 0 Å². The van der Waals surface area contributed by atoms with E-state index in [0.29, 0.717) is 12.1 Å². The van der Waals surface area contributed by atoms with Crippen molar-refractivity contribution in [1.82, 2.24) is 4.98 Å². The number of rotatable bonds is 2. The molecule has 0 aliphatic rings. The molecule has 1 heterocycles. The average molecular weight is 289 g/mol. The van der Waals surface area contributed by atoms with Crippen LogP contribution in [-0.4, -0.2) is 10.1 Å². The summed E-state index contributed by atoms with van der Waals surface area (Å²) >= 11 is 0. The van der Waals surface area contributed by atoms with Crippen LogP contribution >= 0.6 is 0 Å². The van der Waals surface area contributed by atoms with Crippen LogP contribution < -0.4 is 0 Å². The molecule has 2 aromatic rings. The molecule has 7 heteroatoms. The van der Waals surface area contributed by atoms with E-state index < -0.39 is 29.5 Å². The summed E-state index contributed by atoms with van der Waals surface area (Å²) in [7, 11) is 0. The number of hydrogen-bond acceptors (Lipinski definition) is 2. The highest BCUT2D eigenvalue weighted by Crippen LogP contribution is 2.34. The molecular formula is C13H8F5NO. The molecule has 0 aliphatic carbocycles. The van der Waals surface area contributed by atoms with E-state index in [-0.39, 0.29) is 11.1 Å². The van der Waals surface area contributed by atoms with Gasteiger partial charge in [-0.3, -0.25) is 4.98 Å². The fourth-order valence-electron chi connectivity index (χ4n) is 1.70. The van der Waals surface area contributed by atoms with E-state index in [2.05, 4.69) is 4.98 Å². The zero-order valence-corrected chi connectivity index (χ0v) is 9.83. The summed E-state index contributed by atoms with van der Waals surface area (Å²) in [6.45, 7) is 0. The highest BCUT2D eigenvalue weighted by atomic mass is 19.4. The molecule has 1 aromatic heterocycles. The summed E-state index contributed by atoms with van der Waals surface area (Å²) in [6, 6.07) is 3.04. The van der Waals surface area contributed by atoms with Crippen LogP contribution in [0.5, 0.6) is 0 Å². The Morgan fingerprint density at radius 1 is 1.00 bits per heavy atom. The molecule has 0 radical (unpaired) electrons. The van der Waals surface area contributed by atoms with Gasteiger partial charge < -0.3 is 5.11 Å². The van der Waals surface area contributed by atoms with Gasteiger partial charge >= 0.3 is 6.18 Å². The Labute approximate surface area is 110 Å². The van der Waals surface area contributed by atoms with Crippen LogP contribution in [0.1, 0.15) is 22.8 Å². The number of nitrogens with zero attached hydrogens (tertiary/aromatic N) is 1. The van der Waals surface area contributed by atoms with Crippen molar-refractivity contribution in [3.05, 3.63) is 65.0 Å². The maximum Gasteiger partial charge on any atom is 0.419 e. The molecule has 0 bridgehead atoms. The Balaban J connectivity index is 2.43. The summed E-state index contributed by atoms with van der Waals surface area (Å²) in [4.78, 5) is 3.49. The van der Waals surface area contributed by atoms with Gasteiger partial charge in [0.2, 0.25) is 0 Å². The summed E-state index contributed by atoms with van der Waals surface area (Å²) in [5.41, 5.74) is -1.71. The zero-order valence-electron chi connectivity index (χ0n) is 9.83. The van der Waals surface area contributed by atoms with E-state index in [4.69, 9.17) is 0 Å². The maximum absolute atomic E-state index is 13.1. The standard InChI is InChI=1S/C13H8F5NO/c14-9-3-8(5-19-6-9)12(20)7-1-2-11(15)10(4-7)13(16,17)18/h1-6,12,20H. The molecule has 20 heavy (non-hydrogen) atoms. The third-order valence-electron chi connectivity index (χ3n) is 2.65. The van der Waals surface area contributed by atoms with Gasteiger partial charge in [0.05, 0.1) is 11.8 Å². The summed E-state index contributed by atoms with van der Waals surface area (Å²) in [5.74, 6) is -2.18. The molecule has 106 valence electrons. The fraction of sp³-hybridized carbons (Fsp3) is 0.154. The third-order valence-corrected chi connectivity index (χ3v) is 2.65. The molecule has 1 unspecified atom stereocenters. The number of halogens is 5. The number of pyridine rings is 1. The molecule has 0 aliphatic heterocycles. The minimum Gasteiger partial charge on any atom is -0.384 e. The van der Waals surface area contributed by atoms with Crippen molar-refractivity contribution >= 4 is 0 Å². The smallest absolute Gasteiger partial charge is 0.384 e. The summed E-state index contributed by atoms with van der Waals surface area (Å²) in [5, 5.41) is 9.90. The number of aromatic nitrogens is 1. The highest BCUT2D eigenvalue weighted by Gasteiger charge is 2.34. The SMILES string of the molecule is OC(c1cncc(F)c1)c1ccc(F)c(C(F)(F)F)c1. The Morgan fingerprint density at radius 2 is 1.70 bits per heavy atom. The van der Waals surface area contributed by atoms with Crippen LogP contribution in [0, 0.1) is 11.6 Å². The van der Waals surface area contributed by atoms with Gasteiger partial charge in [0.25, 0.3) is 0 Å². The van der Waals surface area contributed by atoms with Crippen molar-refractivity contribution in [2.75, 3.05) is 0 Å². The minimum atomic E-state index is -4.87. The number of hydrogen-bond donors (Lipinski definition) is 1. The van der Waals surface area contributed by atoms with Gasteiger partial charge in [0, 0.05) is 11.8 Å². The predicted molar refractivity (Wildman–Crippen MR) is 59.7 cm³/mol. The van der Waals surface area contributed by atoms with Gasteiger partial charge in [-0.25, -0.2) is 8.78 Å². The van der Waals surface area contributed by atoms with Gasteiger partial charge in [-0.15, -0.1) is 0 Å². The van der Waals surface area contributed by atoms with Crippen molar-refractivity contribution in [2.45, 2.75) is 12.3 Å². The number of alkyl halides is 3. The predicted octanol–water partition coefficient (Wildman–Crippen LogP) is 3.46. The monoisotopic (exact) mass is 289 g/mol. The molecule has 1 aromatic carbocycles. The molecule has 0 amide bonds.